The summed E-state index contributed by atoms with van der Waals surface area (Å²) in [6, 6.07) is 12.9. The average Bonchev–Trinajstić information content (AvgIpc) is 3.02. The molecule has 134 valence electrons. The van der Waals surface area contributed by atoms with Crippen molar-refractivity contribution in [1.29, 1.82) is 0 Å². The largest absolute Gasteiger partial charge is 0.310 e. The molecule has 26 heavy (non-hydrogen) atoms. The van der Waals surface area contributed by atoms with Crippen molar-refractivity contribution in [2.45, 2.75) is 18.4 Å². The average molecular weight is 373 g/mol. The van der Waals surface area contributed by atoms with Crippen molar-refractivity contribution < 1.29 is 13.6 Å². The van der Waals surface area contributed by atoms with Gasteiger partial charge in [0.15, 0.2) is 0 Å². The van der Waals surface area contributed by atoms with E-state index < -0.39 is 11.6 Å². The molecule has 1 N–H and O–H groups in total. The molecule has 0 aliphatic rings. The van der Waals surface area contributed by atoms with Crippen LogP contribution in [0.4, 0.5) is 14.6 Å². The number of nitrogens with zero attached hydrogens (tertiary/aromatic N) is 2. The molecule has 0 spiro atoms. The highest BCUT2D eigenvalue weighted by atomic mass is 32.2. The number of hydrogen-bond donors (Lipinski definition) is 1. The Morgan fingerprint density at radius 2 is 2.04 bits per heavy atom. The van der Waals surface area contributed by atoms with Gasteiger partial charge < -0.3 is 5.32 Å². The van der Waals surface area contributed by atoms with Gasteiger partial charge in [0.25, 0.3) is 0 Å². The summed E-state index contributed by atoms with van der Waals surface area (Å²) < 4.78 is 28.5. The second-order valence-electron chi connectivity index (χ2n) is 5.77. The summed E-state index contributed by atoms with van der Waals surface area (Å²) in [5.41, 5.74) is 2.22. The van der Waals surface area contributed by atoms with Crippen LogP contribution in [-0.2, 0) is 11.3 Å². The van der Waals surface area contributed by atoms with E-state index in [1.165, 1.54) is 0 Å². The van der Waals surface area contributed by atoms with Crippen LogP contribution in [0.3, 0.4) is 0 Å². The molecule has 3 aromatic rings. The minimum Gasteiger partial charge on any atom is -0.310 e. The molecule has 1 heterocycles. The zero-order valence-corrected chi connectivity index (χ0v) is 14.9. The molecular formula is C19H17F2N3OS. The van der Waals surface area contributed by atoms with Crippen molar-refractivity contribution in [1.82, 2.24) is 9.78 Å². The Morgan fingerprint density at radius 1 is 1.19 bits per heavy atom. The van der Waals surface area contributed by atoms with Gasteiger partial charge in [0.1, 0.15) is 17.5 Å². The Bertz CT molecular complexity index is 927. The Balaban J connectivity index is 1.61. The molecule has 0 aliphatic heterocycles. The fourth-order valence-electron chi connectivity index (χ4n) is 2.46. The summed E-state index contributed by atoms with van der Waals surface area (Å²) in [5.74, 6) is -0.878. The smallest absolute Gasteiger partial charge is 0.235 e. The van der Waals surface area contributed by atoms with Gasteiger partial charge in [0.2, 0.25) is 5.91 Å². The number of carbonyl (C=O) groups is 1. The number of nitrogens with one attached hydrogen (secondary N) is 1. The summed E-state index contributed by atoms with van der Waals surface area (Å²) in [5, 5.41) is 6.98. The van der Waals surface area contributed by atoms with Crippen molar-refractivity contribution in [3.05, 3.63) is 77.5 Å². The third kappa shape index (κ3) is 4.70. The second-order valence-corrected chi connectivity index (χ2v) is 6.79. The molecule has 0 radical (unpaired) electrons. The number of hydrogen-bond acceptors (Lipinski definition) is 3. The Kier molecular flexibility index (Phi) is 5.68. The van der Waals surface area contributed by atoms with E-state index in [1.54, 1.807) is 16.9 Å². The number of thioether (sulfide) groups is 1. The quantitative estimate of drug-likeness (QED) is 0.657. The van der Waals surface area contributed by atoms with Crippen LogP contribution >= 0.6 is 11.8 Å². The van der Waals surface area contributed by atoms with E-state index in [-0.39, 0.29) is 16.6 Å². The lowest BCUT2D eigenvalue weighted by atomic mass is 10.1. The first-order valence-electron chi connectivity index (χ1n) is 7.96. The first kappa shape index (κ1) is 18.1. The van der Waals surface area contributed by atoms with Gasteiger partial charge >= 0.3 is 0 Å². The SMILES string of the molecule is Cc1cccc(Cn2nccc2NC(=O)CSc2cc(F)ccc2F)c1. The molecule has 0 fully saturated rings. The minimum absolute atomic E-state index is 0.0317. The number of rotatable bonds is 6. The topological polar surface area (TPSA) is 46.9 Å². The highest BCUT2D eigenvalue weighted by molar-refractivity contribution is 8.00. The molecule has 4 nitrogen and oxygen atoms in total. The molecule has 2 aromatic carbocycles. The lowest BCUT2D eigenvalue weighted by molar-refractivity contribution is -0.113. The van der Waals surface area contributed by atoms with Gasteiger partial charge in [-0.1, -0.05) is 29.8 Å². The molecule has 3 rings (SSSR count). The third-order valence-electron chi connectivity index (χ3n) is 3.65. The maximum atomic E-state index is 13.6. The Hall–Kier alpha value is -2.67. The van der Waals surface area contributed by atoms with Crippen LogP contribution in [0.5, 0.6) is 0 Å². The van der Waals surface area contributed by atoms with E-state index in [4.69, 9.17) is 0 Å². The highest BCUT2D eigenvalue weighted by Gasteiger charge is 2.11. The van der Waals surface area contributed by atoms with E-state index in [1.807, 2.05) is 25.1 Å². The molecule has 1 amide bonds. The highest BCUT2D eigenvalue weighted by Crippen LogP contribution is 2.23. The molecule has 1 aromatic heterocycles. The van der Waals surface area contributed by atoms with Crippen LogP contribution in [-0.4, -0.2) is 21.4 Å². The fourth-order valence-corrected chi connectivity index (χ4v) is 3.22. The molecule has 0 atom stereocenters. The van der Waals surface area contributed by atoms with Gasteiger partial charge in [0.05, 0.1) is 18.5 Å². The van der Waals surface area contributed by atoms with Crippen molar-refractivity contribution in [2.75, 3.05) is 11.1 Å². The number of amides is 1. The number of anilines is 1. The number of benzene rings is 2. The van der Waals surface area contributed by atoms with Crippen LogP contribution in [0.1, 0.15) is 11.1 Å². The van der Waals surface area contributed by atoms with Crippen LogP contribution in [0.2, 0.25) is 0 Å². The number of halogens is 2. The van der Waals surface area contributed by atoms with Crippen LogP contribution in [0.15, 0.2) is 59.6 Å². The van der Waals surface area contributed by atoms with Crippen molar-refractivity contribution in [3.8, 4) is 0 Å². The van der Waals surface area contributed by atoms with Crippen LogP contribution in [0, 0.1) is 18.6 Å². The fraction of sp³-hybridized carbons (Fsp3) is 0.158. The van der Waals surface area contributed by atoms with E-state index in [2.05, 4.69) is 16.5 Å². The maximum absolute atomic E-state index is 13.6. The minimum atomic E-state index is -0.548. The first-order valence-corrected chi connectivity index (χ1v) is 8.95. The number of aromatic nitrogens is 2. The lowest BCUT2D eigenvalue weighted by Crippen LogP contribution is -2.18. The van der Waals surface area contributed by atoms with Gasteiger partial charge in [-0.05, 0) is 30.7 Å². The zero-order valence-electron chi connectivity index (χ0n) is 14.1. The monoisotopic (exact) mass is 373 g/mol. The van der Waals surface area contributed by atoms with Gasteiger partial charge in [0, 0.05) is 11.0 Å². The number of carbonyl (C=O) groups excluding carboxylic acids is 1. The predicted octanol–water partition coefficient (Wildman–Crippen LogP) is 4.25. The van der Waals surface area contributed by atoms with Gasteiger partial charge in [-0.25, -0.2) is 13.5 Å². The predicted molar refractivity (Wildman–Crippen MR) is 98.2 cm³/mol. The summed E-state index contributed by atoms with van der Waals surface area (Å²) >= 11 is 0.946. The Morgan fingerprint density at radius 3 is 2.85 bits per heavy atom. The zero-order chi connectivity index (χ0) is 18.5. The molecule has 7 heteroatoms. The molecule has 0 bridgehead atoms. The molecule has 0 aliphatic carbocycles. The molecule has 0 saturated carbocycles. The van der Waals surface area contributed by atoms with Crippen LogP contribution in [0.25, 0.3) is 0 Å². The van der Waals surface area contributed by atoms with E-state index in [0.717, 1.165) is 41.1 Å². The molecule has 0 unspecified atom stereocenters. The van der Waals surface area contributed by atoms with Gasteiger partial charge in [-0.3, -0.25) is 4.79 Å². The normalized spacial score (nSPS) is 10.7. The molecular weight excluding hydrogens is 356 g/mol. The van der Waals surface area contributed by atoms with E-state index >= 15 is 0 Å². The second kappa shape index (κ2) is 8.14. The number of aryl methyl sites for hydroxylation is 1. The van der Waals surface area contributed by atoms with Gasteiger partial charge in [-0.2, -0.15) is 5.10 Å². The summed E-state index contributed by atoms with van der Waals surface area (Å²) in [4.78, 5) is 12.3. The van der Waals surface area contributed by atoms with Crippen molar-refractivity contribution in [3.63, 3.8) is 0 Å². The van der Waals surface area contributed by atoms with E-state index in [9.17, 15) is 13.6 Å². The van der Waals surface area contributed by atoms with Gasteiger partial charge in [-0.15, -0.1) is 11.8 Å². The molecule has 0 saturated heterocycles. The first-order chi connectivity index (χ1) is 12.5. The maximum Gasteiger partial charge on any atom is 0.235 e. The summed E-state index contributed by atoms with van der Waals surface area (Å²) in [7, 11) is 0. The van der Waals surface area contributed by atoms with Crippen molar-refractivity contribution in [2.24, 2.45) is 0 Å². The summed E-state index contributed by atoms with van der Waals surface area (Å²) in [6.07, 6.45) is 1.60. The lowest BCUT2D eigenvalue weighted by Gasteiger charge is -2.10. The van der Waals surface area contributed by atoms with E-state index in [0.29, 0.717) is 12.4 Å². The standard InChI is InChI=1S/C19H17F2N3OS/c1-13-3-2-4-14(9-13)11-24-18(7-8-22-24)23-19(25)12-26-17-10-15(20)5-6-16(17)21/h2-10H,11-12H2,1H3,(H,23,25). The third-order valence-corrected chi connectivity index (χ3v) is 4.68. The Labute approximate surface area is 154 Å². The van der Waals surface area contributed by atoms with Crippen LogP contribution < -0.4 is 5.32 Å². The summed E-state index contributed by atoms with van der Waals surface area (Å²) in [6.45, 7) is 2.54. The van der Waals surface area contributed by atoms with Crippen molar-refractivity contribution >= 4 is 23.5 Å².